The molecule has 0 aromatic rings. The zero-order chi connectivity index (χ0) is 14.5. The normalized spacial score (nSPS) is 10.3. The zero-order valence-corrected chi connectivity index (χ0v) is 16.2. The first-order valence-electron chi connectivity index (χ1n) is 7.55. The Hall–Kier alpha value is 0.576. The average Bonchev–Trinajstić information content (AvgIpc) is 2.35. The molecule has 0 aliphatic rings. The van der Waals surface area contributed by atoms with E-state index in [-0.39, 0.29) is 59.2 Å². The molecule has 0 saturated carbocycles. The summed E-state index contributed by atoms with van der Waals surface area (Å²) in [7, 11) is 0. The second-order valence-corrected chi connectivity index (χ2v) is 5.20. The monoisotopic (exact) mass is 312 g/mol. The maximum Gasteiger partial charge on any atom is 1.00 e. The third kappa shape index (κ3) is 13.6. The molecule has 0 heterocycles. The van der Waals surface area contributed by atoms with Crippen LogP contribution in [0.15, 0.2) is 0 Å². The number of aliphatic carboxylic acids is 2. The van der Waals surface area contributed by atoms with Crippen molar-refractivity contribution in [2.24, 2.45) is 5.92 Å². The van der Waals surface area contributed by atoms with E-state index in [0.717, 1.165) is 12.8 Å². The predicted octanol–water partition coefficient (Wildman–Crippen LogP) is 1.20. The van der Waals surface area contributed by atoms with Gasteiger partial charge in [0.1, 0.15) is 0 Å². The van der Waals surface area contributed by atoms with Gasteiger partial charge < -0.3 is 11.6 Å². The van der Waals surface area contributed by atoms with Crippen LogP contribution in [0.5, 0.6) is 0 Å². The Labute approximate surface area is 166 Å². The molecule has 0 saturated heterocycles. The molecule has 0 aliphatic heterocycles. The van der Waals surface area contributed by atoms with Gasteiger partial charge in [0.05, 0.1) is 0 Å². The van der Waals surface area contributed by atoms with Crippen molar-refractivity contribution in [2.45, 2.75) is 77.6 Å². The van der Waals surface area contributed by atoms with Gasteiger partial charge in [-0.1, -0.05) is 71.1 Å². The molecular weight excluding hydrogens is 283 g/mol. The van der Waals surface area contributed by atoms with E-state index in [1.54, 1.807) is 0 Å². The van der Waals surface area contributed by atoms with Crippen molar-refractivity contribution in [3.05, 3.63) is 0 Å². The van der Waals surface area contributed by atoms with Crippen LogP contribution in [0.1, 0.15) is 79.0 Å². The first-order valence-corrected chi connectivity index (χ1v) is 7.55. The molecule has 4 nitrogen and oxygen atoms in total. The van der Waals surface area contributed by atoms with Crippen molar-refractivity contribution in [1.29, 1.82) is 0 Å². The molecule has 0 aliphatic carbocycles. The van der Waals surface area contributed by atoms with Gasteiger partial charge in [-0.25, -0.2) is 0 Å². The van der Waals surface area contributed by atoms with Gasteiger partial charge in [0, 0.05) is 0 Å². The zero-order valence-electron chi connectivity index (χ0n) is 14.1. The molecule has 114 valence electrons. The summed E-state index contributed by atoms with van der Waals surface area (Å²) in [5.41, 5.74) is 0. The van der Waals surface area contributed by atoms with Gasteiger partial charge in [0.15, 0.2) is 5.92 Å². The molecule has 0 radical (unpaired) electrons. The van der Waals surface area contributed by atoms with Gasteiger partial charge in [-0.3, -0.25) is 9.59 Å². The summed E-state index contributed by atoms with van der Waals surface area (Å²) in [6.07, 6.45) is 11.9. The third-order valence-corrected chi connectivity index (χ3v) is 3.44. The molecule has 0 fully saturated rings. The minimum Gasteiger partial charge on any atom is -1.00 e. The van der Waals surface area contributed by atoms with Crippen LogP contribution in [-0.2, 0) is 9.59 Å². The van der Waals surface area contributed by atoms with E-state index in [0.29, 0.717) is 6.42 Å². The molecular formula is C15H29KO4. The van der Waals surface area contributed by atoms with Crippen molar-refractivity contribution >= 4 is 11.9 Å². The van der Waals surface area contributed by atoms with Gasteiger partial charge in [0.2, 0.25) is 0 Å². The molecule has 0 bridgehead atoms. The molecule has 2 N–H and O–H groups in total. The Balaban J connectivity index is -0.00000162. The largest absolute Gasteiger partial charge is 1.00 e. The van der Waals surface area contributed by atoms with Crippen LogP contribution in [0.4, 0.5) is 0 Å². The fourth-order valence-corrected chi connectivity index (χ4v) is 2.19. The smallest absolute Gasteiger partial charge is 1.00 e. The Kier molecular flexibility index (Phi) is 18.2. The predicted molar refractivity (Wildman–Crippen MR) is 76.3 cm³/mol. The average molecular weight is 312 g/mol. The maximum absolute atomic E-state index is 10.7. The van der Waals surface area contributed by atoms with Crippen LogP contribution in [0.3, 0.4) is 0 Å². The molecule has 0 aromatic heterocycles. The van der Waals surface area contributed by atoms with Gasteiger partial charge in [-0.2, -0.15) is 0 Å². The third-order valence-electron chi connectivity index (χ3n) is 3.44. The van der Waals surface area contributed by atoms with E-state index in [2.05, 4.69) is 6.92 Å². The molecule has 0 spiro atoms. The van der Waals surface area contributed by atoms with Gasteiger partial charge in [-0.05, 0) is 6.42 Å². The Morgan fingerprint density at radius 3 is 1.50 bits per heavy atom. The number of carbonyl (C=O) groups is 2. The quantitative estimate of drug-likeness (QED) is 0.304. The van der Waals surface area contributed by atoms with Crippen molar-refractivity contribution in [3.8, 4) is 0 Å². The minimum atomic E-state index is -1.23. The second-order valence-electron chi connectivity index (χ2n) is 5.20. The van der Waals surface area contributed by atoms with Crippen LogP contribution < -0.4 is 51.4 Å². The Morgan fingerprint density at radius 1 is 0.800 bits per heavy atom. The van der Waals surface area contributed by atoms with Gasteiger partial charge >= 0.3 is 63.3 Å². The number of hydrogen-bond acceptors (Lipinski definition) is 2. The van der Waals surface area contributed by atoms with Gasteiger partial charge in [0.25, 0.3) is 0 Å². The molecule has 20 heavy (non-hydrogen) atoms. The van der Waals surface area contributed by atoms with Crippen LogP contribution >= 0.6 is 0 Å². The first-order chi connectivity index (χ1) is 9.09. The van der Waals surface area contributed by atoms with E-state index >= 15 is 0 Å². The van der Waals surface area contributed by atoms with Crippen LogP contribution in [0.2, 0.25) is 0 Å². The second kappa shape index (κ2) is 16.0. The molecule has 0 amide bonds. The number of rotatable bonds is 13. The summed E-state index contributed by atoms with van der Waals surface area (Å²) in [5.74, 6) is -3.67. The van der Waals surface area contributed by atoms with Crippen LogP contribution in [-0.4, -0.2) is 22.2 Å². The van der Waals surface area contributed by atoms with Crippen molar-refractivity contribution < 1.29 is 72.6 Å². The van der Waals surface area contributed by atoms with E-state index in [9.17, 15) is 9.59 Å². The SMILES string of the molecule is CCCCCCCCCCCCC(C(=O)O)C(=O)O.[H-].[K+]. The standard InChI is InChI=1S/C15H28O4.K.H/c1-2-3-4-5-6-7-8-9-10-11-12-13(14(16)17)15(18)19;;/h13H,2-12H2,1H3,(H,16,17)(H,18,19);;/q;+1;-1. The summed E-state index contributed by atoms with van der Waals surface area (Å²) in [6, 6.07) is 0. The van der Waals surface area contributed by atoms with Crippen LogP contribution in [0.25, 0.3) is 0 Å². The van der Waals surface area contributed by atoms with E-state index in [1.165, 1.54) is 44.9 Å². The molecule has 0 atom stereocenters. The molecule has 5 heteroatoms. The summed E-state index contributed by atoms with van der Waals surface area (Å²) in [4.78, 5) is 21.3. The Bertz CT molecular complexity index is 248. The molecule has 0 rings (SSSR count). The van der Waals surface area contributed by atoms with Crippen molar-refractivity contribution in [3.63, 3.8) is 0 Å². The van der Waals surface area contributed by atoms with E-state index < -0.39 is 17.9 Å². The first kappa shape index (κ1) is 22.9. The number of carboxylic acid groups (broad SMARTS) is 2. The van der Waals surface area contributed by atoms with E-state index in [1.807, 2.05) is 0 Å². The summed E-state index contributed by atoms with van der Waals surface area (Å²) in [5, 5.41) is 17.4. The minimum absolute atomic E-state index is 0. The van der Waals surface area contributed by atoms with Crippen molar-refractivity contribution in [1.82, 2.24) is 0 Å². The van der Waals surface area contributed by atoms with Gasteiger partial charge in [-0.15, -0.1) is 0 Å². The Morgan fingerprint density at radius 2 is 1.15 bits per heavy atom. The summed E-state index contributed by atoms with van der Waals surface area (Å²) < 4.78 is 0. The van der Waals surface area contributed by atoms with Crippen molar-refractivity contribution in [2.75, 3.05) is 0 Å². The number of hydrogen-bond donors (Lipinski definition) is 2. The number of unbranched alkanes of at least 4 members (excludes halogenated alkanes) is 9. The maximum atomic E-state index is 10.7. The summed E-state index contributed by atoms with van der Waals surface area (Å²) >= 11 is 0. The fourth-order valence-electron chi connectivity index (χ4n) is 2.19. The van der Waals surface area contributed by atoms with E-state index in [4.69, 9.17) is 10.2 Å². The van der Waals surface area contributed by atoms with Crippen LogP contribution in [0, 0.1) is 5.92 Å². The molecule has 0 aromatic carbocycles. The number of carboxylic acids is 2. The topological polar surface area (TPSA) is 74.6 Å². The summed E-state index contributed by atoms with van der Waals surface area (Å²) in [6.45, 7) is 2.21. The fraction of sp³-hybridized carbons (Fsp3) is 0.867. The molecule has 0 unspecified atom stereocenters.